The van der Waals surface area contributed by atoms with Crippen LogP contribution in [-0.4, -0.2) is 30.4 Å². The van der Waals surface area contributed by atoms with Crippen LogP contribution in [0.15, 0.2) is 47.6 Å². The maximum atomic E-state index is 11.9. The van der Waals surface area contributed by atoms with Gasteiger partial charge >= 0.3 is 0 Å². The van der Waals surface area contributed by atoms with Crippen LogP contribution in [0.3, 0.4) is 0 Å². The molecule has 2 N–H and O–H groups in total. The van der Waals surface area contributed by atoms with Crippen molar-refractivity contribution in [2.45, 2.75) is 39.5 Å². The van der Waals surface area contributed by atoms with Gasteiger partial charge in [-0.1, -0.05) is 39.8 Å². The molecule has 6 nitrogen and oxygen atoms in total. The van der Waals surface area contributed by atoms with Gasteiger partial charge in [-0.15, -0.1) is 0 Å². The van der Waals surface area contributed by atoms with Gasteiger partial charge in [0.2, 0.25) is 0 Å². The lowest BCUT2D eigenvalue weighted by Gasteiger charge is -2.19. The van der Waals surface area contributed by atoms with Crippen LogP contribution in [0.5, 0.6) is 17.2 Å². The van der Waals surface area contributed by atoms with Gasteiger partial charge in [-0.05, 0) is 41.7 Å². The summed E-state index contributed by atoms with van der Waals surface area (Å²) in [5, 5.41) is 13.8. The number of phenolic OH excluding ortho intramolecular Hbond substituents is 1. The van der Waals surface area contributed by atoms with Crippen LogP contribution in [-0.2, 0) is 10.2 Å². The first-order chi connectivity index (χ1) is 13.3. The first-order valence-corrected chi connectivity index (χ1v) is 9.30. The highest BCUT2D eigenvalue weighted by molar-refractivity contribution is 5.85. The van der Waals surface area contributed by atoms with Crippen LogP contribution < -0.4 is 14.9 Å². The molecule has 0 spiro atoms. The number of benzene rings is 2. The Morgan fingerprint density at radius 3 is 2.39 bits per heavy atom. The summed E-state index contributed by atoms with van der Waals surface area (Å²) in [6.07, 6.45) is 2.26. The smallest absolute Gasteiger partial charge is 0.277 e. The van der Waals surface area contributed by atoms with E-state index in [-0.39, 0.29) is 17.8 Å². The highest BCUT2D eigenvalue weighted by atomic mass is 16.5. The van der Waals surface area contributed by atoms with Crippen molar-refractivity contribution in [3.05, 3.63) is 53.6 Å². The van der Waals surface area contributed by atoms with Gasteiger partial charge in [0.25, 0.3) is 5.91 Å². The summed E-state index contributed by atoms with van der Waals surface area (Å²) in [5.74, 6) is 0.846. The van der Waals surface area contributed by atoms with E-state index in [1.54, 1.807) is 12.1 Å². The second-order valence-electron chi connectivity index (χ2n) is 7.43. The number of hydrogen-bond acceptors (Lipinski definition) is 5. The molecule has 0 unspecified atom stereocenters. The third-order valence-electron chi connectivity index (χ3n) is 3.96. The number of phenols is 1. The van der Waals surface area contributed by atoms with Gasteiger partial charge in [0.1, 0.15) is 17.2 Å². The molecule has 28 heavy (non-hydrogen) atoms. The van der Waals surface area contributed by atoms with Crippen molar-refractivity contribution in [2.24, 2.45) is 5.10 Å². The molecule has 0 aliphatic carbocycles. The van der Waals surface area contributed by atoms with Gasteiger partial charge in [0, 0.05) is 11.6 Å². The van der Waals surface area contributed by atoms with E-state index in [4.69, 9.17) is 9.47 Å². The number of carbonyl (C=O) groups excluding carboxylic acids is 1. The third kappa shape index (κ3) is 6.61. The Balaban J connectivity index is 1.82. The number of amides is 1. The van der Waals surface area contributed by atoms with E-state index in [0.29, 0.717) is 23.7 Å². The summed E-state index contributed by atoms with van der Waals surface area (Å²) < 4.78 is 10.9. The van der Waals surface area contributed by atoms with Crippen LogP contribution in [0.1, 0.15) is 45.2 Å². The predicted molar refractivity (Wildman–Crippen MR) is 110 cm³/mol. The van der Waals surface area contributed by atoms with Crippen LogP contribution >= 0.6 is 0 Å². The summed E-state index contributed by atoms with van der Waals surface area (Å²) >= 11 is 0. The summed E-state index contributed by atoms with van der Waals surface area (Å²) in [5.41, 5.74) is 4.11. The van der Waals surface area contributed by atoms with E-state index < -0.39 is 5.91 Å². The normalized spacial score (nSPS) is 11.4. The first kappa shape index (κ1) is 21.3. The topological polar surface area (TPSA) is 80.2 Å². The highest BCUT2D eigenvalue weighted by Gasteiger charge is 2.13. The monoisotopic (exact) mass is 384 g/mol. The van der Waals surface area contributed by atoms with Crippen LogP contribution in [0, 0.1) is 0 Å². The Bertz CT molecular complexity index is 808. The summed E-state index contributed by atoms with van der Waals surface area (Å²) in [6.45, 7) is 8.85. The standard InChI is InChI=1S/C22H28N2O4/c1-5-12-27-19-9-6-16(20(25)13-19)14-23-24-21(26)15-28-18-10-7-17(8-11-18)22(2,3)4/h6-11,13-14,25H,5,12,15H2,1-4H3,(H,24,26)/b23-14+. The summed E-state index contributed by atoms with van der Waals surface area (Å²) in [7, 11) is 0. The number of hydrazone groups is 1. The number of carbonyl (C=O) groups is 1. The summed E-state index contributed by atoms with van der Waals surface area (Å²) in [6, 6.07) is 12.6. The maximum absolute atomic E-state index is 11.9. The third-order valence-corrected chi connectivity index (χ3v) is 3.96. The van der Waals surface area contributed by atoms with Crippen molar-refractivity contribution < 1.29 is 19.4 Å². The molecule has 1 amide bonds. The quantitative estimate of drug-likeness (QED) is 0.532. The predicted octanol–water partition coefficient (Wildman–Crippen LogP) is 4.01. The lowest BCUT2D eigenvalue weighted by atomic mass is 9.87. The average molecular weight is 384 g/mol. The molecule has 2 aromatic rings. The molecule has 0 saturated carbocycles. The Kier molecular flexibility index (Phi) is 7.44. The lowest BCUT2D eigenvalue weighted by Crippen LogP contribution is -2.24. The molecule has 150 valence electrons. The van der Waals surface area contributed by atoms with Gasteiger partial charge in [0.15, 0.2) is 6.61 Å². The van der Waals surface area contributed by atoms with E-state index in [1.807, 2.05) is 31.2 Å². The Hall–Kier alpha value is -3.02. The second kappa shape index (κ2) is 9.78. The van der Waals surface area contributed by atoms with Crippen molar-refractivity contribution in [2.75, 3.05) is 13.2 Å². The molecular formula is C22H28N2O4. The number of rotatable bonds is 8. The van der Waals surface area contributed by atoms with Crippen molar-refractivity contribution in [3.63, 3.8) is 0 Å². The van der Waals surface area contributed by atoms with Crippen LogP contribution in [0.25, 0.3) is 0 Å². The minimum atomic E-state index is -0.390. The van der Waals surface area contributed by atoms with Crippen molar-refractivity contribution in [3.8, 4) is 17.2 Å². The average Bonchev–Trinajstić information content (AvgIpc) is 2.66. The molecule has 0 aliphatic heterocycles. The highest BCUT2D eigenvalue weighted by Crippen LogP contribution is 2.24. The van der Waals surface area contributed by atoms with Crippen molar-refractivity contribution in [1.82, 2.24) is 5.43 Å². The maximum Gasteiger partial charge on any atom is 0.277 e. The number of ether oxygens (including phenoxy) is 2. The number of aromatic hydroxyl groups is 1. The van der Waals surface area contributed by atoms with Crippen molar-refractivity contribution >= 4 is 12.1 Å². The lowest BCUT2D eigenvalue weighted by molar-refractivity contribution is -0.123. The van der Waals surface area contributed by atoms with Gasteiger partial charge in [-0.25, -0.2) is 5.43 Å². The molecule has 2 aromatic carbocycles. The zero-order valence-corrected chi connectivity index (χ0v) is 16.9. The zero-order valence-electron chi connectivity index (χ0n) is 16.9. The fourth-order valence-electron chi connectivity index (χ4n) is 2.35. The van der Waals surface area contributed by atoms with E-state index in [2.05, 4.69) is 31.3 Å². The van der Waals surface area contributed by atoms with Gasteiger partial charge < -0.3 is 14.6 Å². The van der Waals surface area contributed by atoms with E-state index in [1.165, 1.54) is 17.8 Å². The Morgan fingerprint density at radius 1 is 1.11 bits per heavy atom. The molecule has 0 heterocycles. The van der Waals surface area contributed by atoms with E-state index in [9.17, 15) is 9.90 Å². The van der Waals surface area contributed by atoms with Crippen molar-refractivity contribution in [1.29, 1.82) is 0 Å². The molecule has 0 aliphatic rings. The Morgan fingerprint density at radius 2 is 1.79 bits per heavy atom. The number of hydrogen-bond donors (Lipinski definition) is 2. The Labute approximate surface area is 166 Å². The molecular weight excluding hydrogens is 356 g/mol. The van der Waals surface area contributed by atoms with Gasteiger partial charge in [-0.2, -0.15) is 5.10 Å². The molecule has 0 fully saturated rings. The van der Waals surface area contributed by atoms with E-state index in [0.717, 1.165) is 6.42 Å². The van der Waals surface area contributed by atoms with Gasteiger partial charge in [0.05, 0.1) is 12.8 Å². The molecule has 6 heteroatoms. The molecule has 2 rings (SSSR count). The first-order valence-electron chi connectivity index (χ1n) is 9.30. The fraction of sp³-hybridized carbons (Fsp3) is 0.364. The molecule has 0 saturated heterocycles. The fourth-order valence-corrected chi connectivity index (χ4v) is 2.35. The SMILES string of the molecule is CCCOc1ccc(/C=N/NC(=O)COc2ccc(C(C)(C)C)cc2)c(O)c1. The minimum absolute atomic E-state index is 0.0294. The molecule has 0 atom stereocenters. The van der Waals surface area contributed by atoms with Crippen LogP contribution in [0.4, 0.5) is 0 Å². The zero-order chi connectivity index (χ0) is 20.6. The minimum Gasteiger partial charge on any atom is -0.507 e. The van der Waals surface area contributed by atoms with Gasteiger partial charge in [-0.3, -0.25) is 4.79 Å². The second-order valence-corrected chi connectivity index (χ2v) is 7.43. The molecule has 0 aromatic heterocycles. The van der Waals surface area contributed by atoms with E-state index >= 15 is 0 Å². The largest absolute Gasteiger partial charge is 0.507 e. The molecule has 0 radical (unpaired) electrons. The number of nitrogens with zero attached hydrogens (tertiary/aromatic N) is 1. The number of nitrogens with one attached hydrogen (secondary N) is 1. The van der Waals surface area contributed by atoms with Crippen LogP contribution in [0.2, 0.25) is 0 Å². The molecule has 0 bridgehead atoms. The summed E-state index contributed by atoms with van der Waals surface area (Å²) in [4.78, 5) is 11.9.